The van der Waals surface area contributed by atoms with E-state index in [0.29, 0.717) is 11.4 Å². The van der Waals surface area contributed by atoms with Gasteiger partial charge in [0.2, 0.25) is 0 Å². The van der Waals surface area contributed by atoms with Crippen molar-refractivity contribution in [3.8, 4) is 0 Å². The van der Waals surface area contributed by atoms with Crippen molar-refractivity contribution in [1.82, 2.24) is 9.88 Å². The van der Waals surface area contributed by atoms with Crippen molar-refractivity contribution in [3.05, 3.63) is 22.3 Å². The second kappa shape index (κ2) is 5.90. The Bertz CT molecular complexity index is 457. The summed E-state index contributed by atoms with van der Waals surface area (Å²) in [6.45, 7) is 2.83. The average molecular weight is 331 g/mol. The number of hydrazine groups is 1. The predicted molar refractivity (Wildman–Crippen MR) is 77.6 cm³/mol. The number of hydrogen-bond acceptors (Lipinski definition) is 5. The number of aromatic nitrogens is 1. The molecule has 0 aliphatic carbocycles. The largest absolute Gasteiger partial charge is 0.334 e. The van der Waals surface area contributed by atoms with Gasteiger partial charge >= 0.3 is 0 Å². The summed E-state index contributed by atoms with van der Waals surface area (Å²) >= 11 is 5.20. The molecule has 1 saturated heterocycles. The van der Waals surface area contributed by atoms with Gasteiger partial charge in [0.15, 0.2) is 5.82 Å². The SMILES string of the molecule is CC1CSCCN1C(=O)c1cc(Br)cnc1NN. The zero-order chi connectivity index (χ0) is 13.1. The molecule has 1 fully saturated rings. The van der Waals surface area contributed by atoms with Gasteiger partial charge in [-0.2, -0.15) is 11.8 Å². The molecular weight excluding hydrogens is 316 g/mol. The van der Waals surface area contributed by atoms with Crippen molar-refractivity contribution < 1.29 is 4.79 Å². The summed E-state index contributed by atoms with van der Waals surface area (Å²) in [5, 5.41) is 0. The summed E-state index contributed by atoms with van der Waals surface area (Å²) in [6, 6.07) is 1.99. The molecule has 1 aliphatic rings. The van der Waals surface area contributed by atoms with Crippen LogP contribution in [0.25, 0.3) is 0 Å². The first-order valence-corrected chi connectivity index (χ1v) is 7.59. The summed E-state index contributed by atoms with van der Waals surface area (Å²) in [5.41, 5.74) is 2.98. The summed E-state index contributed by atoms with van der Waals surface area (Å²) in [6.07, 6.45) is 1.61. The van der Waals surface area contributed by atoms with Crippen LogP contribution in [0.1, 0.15) is 17.3 Å². The fourth-order valence-corrected chi connectivity index (χ4v) is 3.25. The van der Waals surface area contributed by atoms with E-state index in [2.05, 4.69) is 33.3 Å². The molecule has 1 aromatic heterocycles. The van der Waals surface area contributed by atoms with Crippen LogP contribution in [0.15, 0.2) is 16.7 Å². The highest BCUT2D eigenvalue weighted by Gasteiger charge is 2.26. The number of nitrogens with one attached hydrogen (secondary N) is 1. The fourth-order valence-electron chi connectivity index (χ4n) is 1.90. The Morgan fingerprint density at radius 2 is 2.50 bits per heavy atom. The number of carbonyl (C=O) groups excluding carboxylic acids is 1. The lowest BCUT2D eigenvalue weighted by Gasteiger charge is -2.33. The number of anilines is 1. The van der Waals surface area contributed by atoms with E-state index in [0.717, 1.165) is 22.5 Å². The van der Waals surface area contributed by atoms with Gasteiger partial charge in [0.25, 0.3) is 5.91 Å². The maximum Gasteiger partial charge on any atom is 0.257 e. The Kier molecular flexibility index (Phi) is 4.47. The van der Waals surface area contributed by atoms with Crippen LogP contribution in [0, 0.1) is 0 Å². The van der Waals surface area contributed by atoms with Gasteiger partial charge in [-0.1, -0.05) is 0 Å². The molecule has 1 aliphatic heterocycles. The molecular formula is C11H15BrN4OS. The number of hydrogen-bond donors (Lipinski definition) is 2. The zero-order valence-corrected chi connectivity index (χ0v) is 12.4. The van der Waals surface area contributed by atoms with E-state index in [4.69, 9.17) is 5.84 Å². The van der Waals surface area contributed by atoms with Crippen LogP contribution in [0.3, 0.4) is 0 Å². The van der Waals surface area contributed by atoms with Gasteiger partial charge in [-0.15, -0.1) is 0 Å². The van der Waals surface area contributed by atoms with E-state index >= 15 is 0 Å². The van der Waals surface area contributed by atoms with Gasteiger partial charge in [-0.3, -0.25) is 4.79 Å². The van der Waals surface area contributed by atoms with Crippen molar-refractivity contribution in [2.45, 2.75) is 13.0 Å². The molecule has 0 aromatic carbocycles. The second-order valence-corrected chi connectivity index (χ2v) is 6.18. The minimum atomic E-state index is -0.0236. The third kappa shape index (κ3) is 2.78. The Morgan fingerprint density at radius 1 is 1.72 bits per heavy atom. The first-order valence-electron chi connectivity index (χ1n) is 5.64. The third-order valence-electron chi connectivity index (χ3n) is 2.85. The summed E-state index contributed by atoms with van der Waals surface area (Å²) < 4.78 is 0.767. The van der Waals surface area contributed by atoms with Crippen molar-refractivity contribution in [1.29, 1.82) is 0 Å². The minimum absolute atomic E-state index is 0.0236. The number of thioether (sulfide) groups is 1. The standard InChI is InChI=1S/C11H15BrN4OS/c1-7-6-18-3-2-16(7)11(17)9-4-8(12)5-14-10(9)15-13/h4-5,7H,2-3,6,13H2,1H3,(H,14,15). The first kappa shape index (κ1) is 13.6. The molecule has 7 heteroatoms. The van der Waals surface area contributed by atoms with Crippen molar-refractivity contribution in [2.24, 2.45) is 5.84 Å². The van der Waals surface area contributed by atoms with Crippen LogP contribution in [0.4, 0.5) is 5.82 Å². The lowest BCUT2D eigenvalue weighted by Crippen LogP contribution is -2.44. The maximum atomic E-state index is 12.5. The van der Waals surface area contributed by atoms with E-state index in [1.54, 1.807) is 12.3 Å². The van der Waals surface area contributed by atoms with E-state index in [1.165, 1.54) is 0 Å². The molecule has 1 amide bonds. The van der Waals surface area contributed by atoms with Crippen molar-refractivity contribution >= 4 is 39.4 Å². The summed E-state index contributed by atoms with van der Waals surface area (Å²) in [5.74, 6) is 7.73. The monoisotopic (exact) mass is 330 g/mol. The van der Waals surface area contributed by atoms with Gasteiger partial charge in [-0.25, -0.2) is 10.8 Å². The van der Waals surface area contributed by atoms with Gasteiger partial charge in [0.1, 0.15) is 0 Å². The highest BCUT2D eigenvalue weighted by atomic mass is 79.9. The number of nitrogen functional groups attached to an aromatic ring is 1. The van der Waals surface area contributed by atoms with E-state index in [-0.39, 0.29) is 11.9 Å². The topological polar surface area (TPSA) is 71.2 Å². The second-order valence-electron chi connectivity index (χ2n) is 4.12. The van der Waals surface area contributed by atoms with Crippen molar-refractivity contribution in [2.75, 3.05) is 23.5 Å². The van der Waals surface area contributed by atoms with Gasteiger partial charge in [-0.05, 0) is 28.9 Å². The number of pyridine rings is 1. The molecule has 1 atom stereocenters. The van der Waals surface area contributed by atoms with Crippen LogP contribution >= 0.6 is 27.7 Å². The Labute approximate surface area is 119 Å². The Morgan fingerprint density at radius 3 is 3.17 bits per heavy atom. The van der Waals surface area contributed by atoms with Crippen LogP contribution in [-0.2, 0) is 0 Å². The number of rotatable bonds is 2. The third-order valence-corrected chi connectivity index (χ3v) is 4.47. The molecule has 98 valence electrons. The molecule has 3 N–H and O–H groups in total. The molecule has 18 heavy (non-hydrogen) atoms. The molecule has 0 bridgehead atoms. The van der Waals surface area contributed by atoms with Crippen LogP contribution in [-0.4, -0.2) is 39.9 Å². The molecule has 5 nitrogen and oxygen atoms in total. The quantitative estimate of drug-likeness (QED) is 0.638. The number of carbonyl (C=O) groups is 1. The van der Waals surface area contributed by atoms with Gasteiger partial charge in [0, 0.05) is 34.8 Å². The molecule has 0 radical (unpaired) electrons. The predicted octanol–water partition coefficient (Wildman–Crippen LogP) is 1.71. The molecule has 0 spiro atoms. The number of nitrogens with two attached hydrogens (primary N) is 1. The fraction of sp³-hybridized carbons (Fsp3) is 0.455. The minimum Gasteiger partial charge on any atom is -0.334 e. The van der Waals surface area contributed by atoms with Crippen LogP contribution in [0.5, 0.6) is 0 Å². The van der Waals surface area contributed by atoms with Crippen LogP contribution in [0.2, 0.25) is 0 Å². The lowest BCUT2D eigenvalue weighted by atomic mass is 10.2. The number of halogens is 1. The van der Waals surface area contributed by atoms with E-state index < -0.39 is 0 Å². The van der Waals surface area contributed by atoms with E-state index in [9.17, 15) is 4.79 Å². The molecule has 1 unspecified atom stereocenters. The van der Waals surface area contributed by atoms with E-state index in [1.807, 2.05) is 16.7 Å². The normalized spacial score (nSPS) is 19.7. The molecule has 0 saturated carbocycles. The molecule has 2 heterocycles. The maximum absolute atomic E-state index is 12.5. The summed E-state index contributed by atoms with van der Waals surface area (Å²) in [4.78, 5) is 18.5. The summed E-state index contributed by atoms with van der Waals surface area (Å²) in [7, 11) is 0. The highest BCUT2D eigenvalue weighted by molar-refractivity contribution is 9.10. The molecule has 1 aromatic rings. The first-order chi connectivity index (χ1) is 8.63. The number of nitrogens with zero attached hydrogens (tertiary/aromatic N) is 2. The highest BCUT2D eigenvalue weighted by Crippen LogP contribution is 2.23. The van der Waals surface area contributed by atoms with Gasteiger partial charge < -0.3 is 10.3 Å². The molecule has 2 rings (SSSR count). The Hall–Kier alpha value is -0.790. The zero-order valence-electron chi connectivity index (χ0n) is 10.0. The average Bonchev–Trinajstić information content (AvgIpc) is 2.38. The Balaban J connectivity index is 2.29. The lowest BCUT2D eigenvalue weighted by molar-refractivity contribution is 0.0716. The van der Waals surface area contributed by atoms with Crippen LogP contribution < -0.4 is 11.3 Å². The van der Waals surface area contributed by atoms with Gasteiger partial charge in [0.05, 0.1) is 5.56 Å². The smallest absolute Gasteiger partial charge is 0.257 e. The van der Waals surface area contributed by atoms with Crippen molar-refractivity contribution in [3.63, 3.8) is 0 Å². The number of amides is 1.